The van der Waals surface area contributed by atoms with Crippen LogP contribution in [0.4, 0.5) is 0 Å². The normalized spacial score (nSPS) is 11.8. The van der Waals surface area contributed by atoms with Crippen molar-refractivity contribution in [3.8, 4) is 97.3 Å². The van der Waals surface area contributed by atoms with Crippen molar-refractivity contribution in [2.45, 2.75) is 0 Å². The van der Waals surface area contributed by atoms with Gasteiger partial charge in [0.15, 0.2) is 5.82 Å². The van der Waals surface area contributed by atoms with E-state index in [0.29, 0.717) is 29.6 Å². The molecule has 0 spiro atoms. The van der Waals surface area contributed by atoms with Gasteiger partial charge in [0, 0.05) is 126 Å². The number of furan rings is 1. The number of rotatable bonds is 12. The molecule has 0 radical (unpaired) electrons. The lowest BCUT2D eigenvalue weighted by atomic mass is 10.0. The van der Waals surface area contributed by atoms with Crippen molar-refractivity contribution >= 4 is 175 Å². The maximum absolute atomic E-state index is 6.39. The van der Waals surface area contributed by atoms with E-state index in [9.17, 15) is 0 Å². The Bertz CT molecular complexity index is 10500. The third kappa shape index (κ3) is 13.5. The van der Waals surface area contributed by atoms with Gasteiger partial charge in [0.1, 0.15) is 17.0 Å². The maximum atomic E-state index is 6.39. The molecule has 15 heteroatoms. The summed E-state index contributed by atoms with van der Waals surface area (Å²) in [6, 6.07) is 175. The molecule has 15 nitrogen and oxygen atoms in total. The standard InChI is InChI=1S/C52H33N5.C45H28N6.C34H21N3O/c1-3-15-34(16-4-1)44-33-51(56-46-24-12-7-19-38(46)39-20-8-13-25-47(39)56)54-52(53-44)57-48-26-14-10-22-41(48)43-32-36(28-30-50(43)57)35-27-29-49-42(31-35)40-21-9-11-23-45(40)55(49)37-17-5-2-6-18-37;1-2-14-29(15-3-1)43-46-44(50-39-23-11-6-18-33(39)34-19-7-12-24-40(34)50)48-45(47-43)51-41-25-13-8-20-35(41)36-28-30(26-27-42(36)51)49-37-21-9-4-16-31(37)32-17-5-10-22-38(32)49;1-2-11-22(12-3-1)28-21-29(27-17-10-16-26-25-15-6-9-20-32(25)38-33(26)27)36-34(35-28)37-30-18-7-4-13-23(30)24-14-5-8-19-31(24)37/h1-33H;1-28H;1-21H. The molecule has 0 N–H and O–H groups in total. The smallest absolute Gasteiger partial charge is 0.240 e. The lowest BCUT2D eigenvalue weighted by Gasteiger charge is -2.13. The second-order valence-electron chi connectivity index (χ2n) is 37.0. The maximum Gasteiger partial charge on any atom is 0.240 e. The van der Waals surface area contributed by atoms with Gasteiger partial charge in [0.25, 0.3) is 0 Å². The summed E-state index contributed by atoms with van der Waals surface area (Å²) in [5.41, 5.74) is 28.2. The summed E-state index contributed by atoms with van der Waals surface area (Å²) >= 11 is 0. The monoisotopic (exact) mass is 1870 g/mol. The number of para-hydroxylation sites is 14. The largest absolute Gasteiger partial charge is 0.455 e. The summed E-state index contributed by atoms with van der Waals surface area (Å²) in [4.78, 5) is 36.7. The predicted molar refractivity (Wildman–Crippen MR) is 599 cm³/mol. The lowest BCUT2D eigenvalue weighted by Crippen LogP contribution is -2.10. The first-order valence-corrected chi connectivity index (χ1v) is 49.2. The quantitative estimate of drug-likeness (QED) is 0.118. The van der Waals surface area contributed by atoms with E-state index in [4.69, 9.17) is 39.3 Å². The average Bonchev–Trinajstić information content (AvgIpc) is 1.56. The van der Waals surface area contributed by atoms with Gasteiger partial charge in [-0.1, -0.05) is 352 Å². The van der Waals surface area contributed by atoms with E-state index in [-0.39, 0.29) is 0 Å². The van der Waals surface area contributed by atoms with E-state index in [2.05, 4.69) is 469 Å². The Labute approximate surface area is 834 Å². The topological polar surface area (TPSA) is 138 Å². The van der Waals surface area contributed by atoms with Crippen LogP contribution in [0.3, 0.4) is 0 Å². The minimum absolute atomic E-state index is 0.566. The highest BCUT2D eigenvalue weighted by Gasteiger charge is 2.28. The van der Waals surface area contributed by atoms with Gasteiger partial charge in [-0.05, 0) is 151 Å². The number of nitrogens with zero attached hydrogens (tertiary/aromatic N) is 14. The summed E-state index contributed by atoms with van der Waals surface area (Å²) in [7, 11) is 0. The van der Waals surface area contributed by atoms with E-state index in [1.807, 2.05) is 60.7 Å². The zero-order valence-electron chi connectivity index (χ0n) is 78.5. The summed E-state index contributed by atoms with van der Waals surface area (Å²) in [5.74, 6) is 3.84. The van der Waals surface area contributed by atoms with Gasteiger partial charge >= 0.3 is 0 Å². The van der Waals surface area contributed by atoms with Crippen molar-refractivity contribution in [3.05, 3.63) is 497 Å². The van der Waals surface area contributed by atoms with Crippen LogP contribution in [0.1, 0.15) is 0 Å². The Kier molecular flexibility index (Phi) is 19.3. The highest BCUT2D eigenvalue weighted by molar-refractivity contribution is 6.18. The first-order valence-electron chi connectivity index (χ1n) is 49.2. The highest BCUT2D eigenvalue weighted by Crippen LogP contribution is 2.46. The van der Waals surface area contributed by atoms with Gasteiger partial charge < -0.3 is 13.6 Å². The molecule has 0 saturated carbocycles. The molecule has 0 atom stereocenters. The van der Waals surface area contributed by atoms with E-state index in [1.54, 1.807) is 0 Å². The van der Waals surface area contributed by atoms with Crippen molar-refractivity contribution in [2.75, 3.05) is 0 Å². The molecule has 20 aromatic carbocycles. The van der Waals surface area contributed by atoms with Crippen molar-refractivity contribution in [3.63, 3.8) is 0 Å². The van der Waals surface area contributed by atoms with Gasteiger partial charge in [-0.3, -0.25) is 22.8 Å². The molecule has 0 bridgehead atoms. The van der Waals surface area contributed by atoms with Crippen LogP contribution in [-0.2, 0) is 0 Å². The van der Waals surface area contributed by atoms with Crippen LogP contribution in [-0.4, -0.2) is 66.9 Å². The van der Waals surface area contributed by atoms with E-state index in [0.717, 1.165) is 172 Å². The first-order chi connectivity index (χ1) is 72.4. The number of benzene rings is 20. The fraction of sp³-hybridized carbons (Fsp3) is 0. The molecule has 682 valence electrons. The average molecular weight is 1870 g/mol. The van der Waals surface area contributed by atoms with Crippen LogP contribution in [0.25, 0.3) is 272 Å². The third-order valence-corrected chi connectivity index (χ3v) is 28.8. The van der Waals surface area contributed by atoms with Crippen LogP contribution < -0.4 is 0 Å². The van der Waals surface area contributed by atoms with E-state index >= 15 is 0 Å². The SMILES string of the molecule is c1ccc(-c2cc(-c3cccc4c3oc3ccccc34)nc(-n3c4ccccc4c4ccccc43)n2)cc1.c1ccc(-c2cc(-n3c4ccccc4c4ccccc43)nc(-n3c4ccccc4c4cc(-c5ccc6c(c5)c5ccccc5n6-c5ccccc5)ccc43)n2)cc1.c1ccc(-c2nc(-n3c4ccccc4c4ccccc43)nc(-n3c4ccccc4c4cc(-n5c6ccccc6c6ccccc65)ccc43)n2)cc1. The fourth-order valence-corrected chi connectivity index (χ4v) is 22.4. The zero-order chi connectivity index (χ0) is 96.0. The van der Waals surface area contributed by atoms with Gasteiger partial charge in [0.2, 0.25) is 23.8 Å². The Morgan fingerprint density at radius 1 is 0.151 bits per heavy atom. The van der Waals surface area contributed by atoms with Crippen molar-refractivity contribution in [2.24, 2.45) is 0 Å². The molecular weight excluding hydrogens is 1790 g/mol. The van der Waals surface area contributed by atoms with Crippen LogP contribution in [0.5, 0.6) is 0 Å². The first kappa shape index (κ1) is 83.0. The predicted octanol–water partition coefficient (Wildman–Crippen LogP) is 32.7. The van der Waals surface area contributed by atoms with E-state index in [1.165, 1.54) is 70.7 Å². The molecule has 0 aliphatic heterocycles. The van der Waals surface area contributed by atoms with Crippen LogP contribution in [0.2, 0.25) is 0 Å². The molecule has 11 heterocycles. The number of fused-ring (bicyclic) bond motifs is 24. The van der Waals surface area contributed by atoms with Crippen LogP contribution in [0, 0.1) is 0 Å². The molecule has 31 rings (SSSR count). The highest BCUT2D eigenvalue weighted by atomic mass is 16.3. The van der Waals surface area contributed by atoms with Crippen molar-refractivity contribution in [1.29, 1.82) is 0 Å². The fourth-order valence-electron chi connectivity index (χ4n) is 22.4. The third-order valence-electron chi connectivity index (χ3n) is 28.8. The minimum atomic E-state index is 0.566. The van der Waals surface area contributed by atoms with Gasteiger partial charge in [-0.25, -0.2) is 15.0 Å². The van der Waals surface area contributed by atoms with Crippen molar-refractivity contribution in [1.82, 2.24) is 66.9 Å². The molecule has 0 saturated heterocycles. The summed E-state index contributed by atoms with van der Waals surface area (Å²) in [6.07, 6.45) is 0. The van der Waals surface area contributed by atoms with Crippen LogP contribution in [0.15, 0.2) is 502 Å². The molecular formula is C131H82N14O. The Balaban J connectivity index is 0.000000106. The number of hydrogen-bond donors (Lipinski definition) is 0. The van der Waals surface area contributed by atoms with Gasteiger partial charge in [-0.2, -0.15) is 19.9 Å². The summed E-state index contributed by atoms with van der Waals surface area (Å²) < 4.78 is 22.1. The second-order valence-corrected chi connectivity index (χ2v) is 37.0. The Morgan fingerprint density at radius 3 is 0.856 bits per heavy atom. The lowest BCUT2D eigenvalue weighted by molar-refractivity contribution is 0.670. The number of aromatic nitrogens is 14. The molecule has 0 aliphatic carbocycles. The molecule has 0 aliphatic rings. The molecule has 0 fully saturated rings. The van der Waals surface area contributed by atoms with Crippen LogP contribution >= 0.6 is 0 Å². The molecule has 31 aromatic rings. The van der Waals surface area contributed by atoms with E-state index < -0.39 is 0 Å². The molecule has 0 unspecified atom stereocenters. The summed E-state index contributed by atoms with van der Waals surface area (Å²) in [6.45, 7) is 0. The molecule has 146 heavy (non-hydrogen) atoms. The van der Waals surface area contributed by atoms with Crippen molar-refractivity contribution < 1.29 is 4.42 Å². The summed E-state index contributed by atoms with van der Waals surface area (Å²) in [5, 5.41) is 18.8. The molecule has 11 aromatic heterocycles. The Morgan fingerprint density at radius 2 is 0.438 bits per heavy atom. The van der Waals surface area contributed by atoms with Gasteiger partial charge in [0.05, 0.1) is 94.3 Å². The second kappa shape index (κ2) is 33.9. The zero-order valence-corrected chi connectivity index (χ0v) is 78.5. The molecule has 0 amide bonds. The Hall–Kier alpha value is -20.0. The number of hydrogen-bond acceptors (Lipinski definition) is 8. The minimum Gasteiger partial charge on any atom is -0.455 e. The van der Waals surface area contributed by atoms with Gasteiger partial charge in [-0.15, -0.1) is 0 Å².